The predicted octanol–water partition coefficient (Wildman–Crippen LogP) is 2.63. The van der Waals surface area contributed by atoms with E-state index in [1.165, 1.54) is 16.5 Å². The van der Waals surface area contributed by atoms with Crippen LogP contribution in [0.3, 0.4) is 0 Å². The summed E-state index contributed by atoms with van der Waals surface area (Å²) in [7, 11) is 0. The number of aliphatic hydroxyl groups is 1. The Morgan fingerprint density at radius 3 is 2.90 bits per heavy atom. The van der Waals surface area contributed by atoms with E-state index in [-0.39, 0.29) is 6.61 Å². The third-order valence-corrected chi connectivity index (χ3v) is 3.75. The van der Waals surface area contributed by atoms with Crippen molar-refractivity contribution >= 4 is 10.9 Å². The van der Waals surface area contributed by atoms with Crippen LogP contribution in [0.15, 0.2) is 47.2 Å². The number of para-hydroxylation sites is 1. The average Bonchev–Trinajstić information content (AvgIpc) is 3.11. The fourth-order valence-corrected chi connectivity index (χ4v) is 2.63. The molecule has 2 aromatic heterocycles. The number of hydrogen-bond acceptors (Lipinski definition) is 3. The van der Waals surface area contributed by atoms with Crippen LogP contribution in [0.25, 0.3) is 10.9 Å². The molecular weight excluding hydrogens is 264 g/mol. The molecule has 0 aliphatic heterocycles. The summed E-state index contributed by atoms with van der Waals surface area (Å²) in [5, 5.41) is 13.7. The van der Waals surface area contributed by atoms with Crippen molar-refractivity contribution in [1.29, 1.82) is 0 Å². The number of rotatable bonds is 7. The van der Waals surface area contributed by atoms with Crippen LogP contribution < -0.4 is 5.32 Å². The standard InChI is InChI=1S/C17H20N2O2/c20-9-6-13-7-10-21-17(13)12-18-8-5-14-11-19-16-4-2-1-3-15(14)16/h1-4,7,10-11,18-20H,5-6,8-9,12H2. The lowest BCUT2D eigenvalue weighted by molar-refractivity contribution is 0.298. The van der Waals surface area contributed by atoms with Crippen molar-refractivity contribution in [1.82, 2.24) is 10.3 Å². The summed E-state index contributed by atoms with van der Waals surface area (Å²) >= 11 is 0. The van der Waals surface area contributed by atoms with E-state index in [0.717, 1.165) is 24.3 Å². The number of furan rings is 1. The molecule has 0 fully saturated rings. The topological polar surface area (TPSA) is 61.2 Å². The zero-order valence-electron chi connectivity index (χ0n) is 11.9. The highest BCUT2D eigenvalue weighted by atomic mass is 16.3. The molecule has 0 atom stereocenters. The number of hydrogen-bond donors (Lipinski definition) is 3. The monoisotopic (exact) mass is 284 g/mol. The summed E-state index contributed by atoms with van der Waals surface area (Å²) in [5.41, 5.74) is 3.59. The molecule has 0 saturated heterocycles. The molecule has 0 spiro atoms. The second-order valence-corrected chi connectivity index (χ2v) is 5.13. The van der Waals surface area contributed by atoms with Gasteiger partial charge in [-0.15, -0.1) is 0 Å². The lowest BCUT2D eigenvalue weighted by Gasteiger charge is -2.04. The van der Waals surface area contributed by atoms with E-state index in [0.29, 0.717) is 13.0 Å². The summed E-state index contributed by atoms with van der Waals surface area (Å²) in [6.45, 7) is 1.74. The number of aliphatic hydroxyl groups excluding tert-OH is 1. The van der Waals surface area contributed by atoms with Crippen molar-refractivity contribution in [2.24, 2.45) is 0 Å². The van der Waals surface area contributed by atoms with Gasteiger partial charge in [-0.3, -0.25) is 0 Å². The molecule has 0 aliphatic carbocycles. The maximum atomic E-state index is 8.99. The summed E-state index contributed by atoms with van der Waals surface area (Å²) in [5.74, 6) is 0.919. The highest BCUT2D eigenvalue weighted by Gasteiger charge is 2.06. The average molecular weight is 284 g/mol. The van der Waals surface area contributed by atoms with Gasteiger partial charge in [-0.1, -0.05) is 18.2 Å². The fraction of sp³-hybridized carbons (Fsp3) is 0.294. The first-order chi connectivity index (χ1) is 10.4. The van der Waals surface area contributed by atoms with Crippen LogP contribution in [-0.4, -0.2) is 23.2 Å². The third-order valence-electron chi connectivity index (χ3n) is 3.75. The lowest BCUT2D eigenvalue weighted by Crippen LogP contribution is -2.17. The zero-order valence-corrected chi connectivity index (χ0v) is 11.9. The van der Waals surface area contributed by atoms with Crippen LogP contribution in [0.4, 0.5) is 0 Å². The second-order valence-electron chi connectivity index (χ2n) is 5.13. The predicted molar refractivity (Wildman–Crippen MR) is 83.2 cm³/mol. The molecule has 21 heavy (non-hydrogen) atoms. The maximum Gasteiger partial charge on any atom is 0.120 e. The van der Waals surface area contributed by atoms with Gasteiger partial charge in [0.15, 0.2) is 0 Å². The molecule has 2 heterocycles. The van der Waals surface area contributed by atoms with E-state index in [4.69, 9.17) is 9.52 Å². The van der Waals surface area contributed by atoms with E-state index in [2.05, 4.69) is 34.7 Å². The molecule has 0 unspecified atom stereocenters. The van der Waals surface area contributed by atoms with Gasteiger partial charge in [0, 0.05) is 23.7 Å². The minimum Gasteiger partial charge on any atom is -0.468 e. The Balaban J connectivity index is 1.53. The van der Waals surface area contributed by atoms with E-state index < -0.39 is 0 Å². The van der Waals surface area contributed by atoms with Crippen molar-refractivity contribution < 1.29 is 9.52 Å². The molecule has 3 aromatic rings. The van der Waals surface area contributed by atoms with E-state index >= 15 is 0 Å². The van der Waals surface area contributed by atoms with E-state index in [1.807, 2.05) is 12.1 Å². The van der Waals surface area contributed by atoms with Crippen LogP contribution >= 0.6 is 0 Å². The summed E-state index contributed by atoms with van der Waals surface area (Å²) in [4.78, 5) is 3.29. The molecule has 0 aliphatic rings. The quantitative estimate of drug-likeness (QED) is 0.584. The largest absolute Gasteiger partial charge is 0.468 e. The molecule has 0 radical (unpaired) electrons. The van der Waals surface area contributed by atoms with E-state index in [1.54, 1.807) is 6.26 Å². The highest BCUT2D eigenvalue weighted by molar-refractivity contribution is 5.83. The van der Waals surface area contributed by atoms with Gasteiger partial charge in [-0.05, 0) is 42.6 Å². The SMILES string of the molecule is OCCc1ccoc1CNCCc1c[nH]c2ccccc12. The summed E-state index contributed by atoms with van der Waals surface area (Å²) < 4.78 is 5.44. The van der Waals surface area contributed by atoms with Crippen molar-refractivity contribution in [3.63, 3.8) is 0 Å². The first-order valence-electron chi connectivity index (χ1n) is 7.30. The van der Waals surface area contributed by atoms with Gasteiger partial charge in [0.1, 0.15) is 5.76 Å². The van der Waals surface area contributed by atoms with Crippen molar-refractivity contribution in [2.45, 2.75) is 19.4 Å². The van der Waals surface area contributed by atoms with Crippen LogP contribution in [0.5, 0.6) is 0 Å². The van der Waals surface area contributed by atoms with Gasteiger partial charge in [0.25, 0.3) is 0 Å². The molecular formula is C17H20N2O2. The number of aromatic nitrogens is 1. The second kappa shape index (κ2) is 6.61. The highest BCUT2D eigenvalue weighted by Crippen LogP contribution is 2.17. The third kappa shape index (κ3) is 3.17. The molecule has 3 rings (SSSR count). The first kappa shape index (κ1) is 13.9. The Bertz CT molecular complexity index is 699. The molecule has 0 bridgehead atoms. The summed E-state index contributed by atoms with van der Waals surface area (Å²) in [6, 6.07) is 10.3. The van der Waals surface area contributed by atoms with Gasteiger partial charge in [0.2, 0.25) is 0 Å². The number of nitrogens with one attached hydrogen (secondary N) is 2. The molecule has 0 saturated carbocycles. The Morgan fingerprint density at radius 2 is 2.00 bits per heavy atom. The van der Waals surface area contributed by atoms with Crippen LogP contribution in [0.2, 0.25) is 0 Å². The summed E-state index contributed by atoms with van der Waals surface area (Å²) in [6.07, 6.45) is 5.38. The van der Waals surface area contributed by atoms with Crippen LogP contribution in [0.1, 0.15) is 16.9 Å². The Labute approximate surface area is 123 Å². The van der Waals surface area contributed by atoms with Gasteiger partial charge in [0.05, 0.1) is 12.8 Å². The zero-order chi connectivity index (χ0) is 14.5. The number of fused-ring (bicyclic) bond motifs is 1. The first-order valence-corrected chi connectivity index (χ1v) is 7.30. The Morgan fingerprint density at radius 1 is 1.10 bits per heavy atom. The van der Waals surface area contributed by atoms with Gasteiger partial charge in [-0.2, -0.15) is 0 Å². The minimum atomic E-state index is 0.155. The molecule has 0 amide bonds. The lowest BCUT2D eigenvalue weighted by atomic mass is 10.1. The molecule has 3 N–H and O–H groups in total. The van der Waals surface area contributed by atoms with Gasteiger partial charge < -0.3 is 19.8 Å². The Kier molecular flexibility index (Phi) is 4.38. The smallest absolute Gasteiger partial charge is 0.120 e. The van der Waals surface area contributed by atoms with Gasteiger partial charge >= 0.3 is 0 Å². The molecule has 4 nitrogen and oxygen atoms in total. The van der Waals surface area contributed by atoms with Gasteiger partial charge in [-0.25, -0.2) is 0 Å². The van der Waals surface area contributed by atoms with Crippen LogP contribution in [0, 0.1) is 0 Å². The van der Waals surface area contributed by atoms with Crippen molar-refractivity contribution in [2.75, 3.05) is 13.2 Å². The van der Waals surface area contributed by atoms with Crippen LogP contribution in [-0.2, 0) is 19.4 Å². The van der Waals surface area contributed by atoms with Crippen molar-refractivity contribution in [3.8, 4) is 0 Å². The van der Waals surface area contributed by atoms with E-state index in [9.17, 15) is 0 Å². The number of benzene rings is 1. The fourth-order valence-electron chi connectivity index (χ4n) is 2.63. The molecule has 4 heteroatoms. The number of H-pyrrole nitrogens is 1. The molecule has 110 valence electrons. The number of aromatic amines is 1. The Hall–Kier alpha value is -2.04. The van der Waals surface area contributed by atoms with Crippen molar-refractivity contribution in [3.05, 3.63) is 59.7 Å². The minimum absolute atomic E-state index is 0.155. The molecule has 1 aromatic carbocycles. The normalized spacial score (nSPS) is 11.3. The maximum absolute atomic E-state index is 8.99.